The van der Waals surface area contributed by atoms with Gasteiger partial charge in [-0.05, 0) is 73.9 Å². The number of fused-ring (bicyclic) bond motifs is 1. The molecule has 0 N–H and O–H groups in total. The molecule has 0 saturated carbocycles. The van der Waals surface area contributed by atoms with Crippen molar-refractivity contribution in [1.82, 2.24) is 4.57 Å². The fourth-order valence-corrected chi connectivity index (χ4v) is 5.97. The highest BCUT2D eigenvalue weighted by atomic mass is 32.1. The van der Waals surface area contributed by atoms with Crippen LogP contribution in [0.1, 0.15) is 42.1 Å². The number of para-hydroxylation sites is 1. The Kier molecular flexibility index (Phi) is 8.59. The summed E-state index contributed by atoms with van der Waals surface area (Å²) < 4.78 is 24.4. The number of esters is 1. The Bertz CT molecular complexity index is 1840. The standard InChI is InChI=1S/C33H32N2O6S/c1-6-40-32(37)29-21(3)34-33-35(30(29)23-12-14-25(38-4)15-13-23)31(36)28(42-33)18-22-11-16-27(39-5)24(17-22)19-41-26-10-8-7-9-20(26)2/h7-18,30H,6,19H2,1-5H3. The maximum Gasteiger partial charge on any atom is 0.338 e. The van der Waals surface area contributed by atoms with Crippen LogP contribution in [0.3, 0.4) is 0 Å². The summed E-state index contributed by atoms with van der Waals surface area (Å²) in [4.78, 5) is 32.2. The number of carbonyl (C=O) groups is 1. The fourth-order valence-electron chi connectivity index (χ4n) is 4.92. The van der Waals surface area contributed by atoms with Crippen LogP contribution < -0.4 is 29.1 Å². The second-order valence-electron chi connectivity index (χ2n) is 9.70. The Morgan fingerprint density at radius 3 is 2.45 bits per heavy atom. The first-order valence-corrected chi connectivity index (χ1v) is 14.3. The molecule has 0 radical (unpaired) electrons. The van der Waals surface area contributed by atoms with Crippen LogP contribution in [0.5, 0.6) is 17.2 Å². The lowest BCUT2D eigenvalue weighted by Crippen LogP contribution is -2.39. The van der Waals surface area contributed by atoms with Gasteiger partial charge in [0.15, 0.2) is 4.80 Å². The zero-order valence-electron chi connectivity index (χ0n) is 24.2. The van der Waals surface area contributed by atoms with Crippen LogP contribution in [0, 0.1) is 6.92 Å². The topological polar surface area (TPSA) is 88.4 Å². The van der Waals surface area contributed by atoms with Crippen molar-refractivity contribution in [3.05, 3.63) is 120 Å². The summed E-state index contributed by atoms with van der Waals surface area (Å²) >= 11 is 1.28. The number of thiazole rings is 1. The normalized spacial score (nSPS) is 14.7. The second-order valence-corrected chi connectivity index (χ2v) is 10.7. The lowest BCUT2D eigenvalue weighted by molar-refractivity contribution is -0.139. The molecule has 8 nitrogen and oxygen atoms in total. The predicted molar refractivity (Wildman–Crippen MR) is 162 cm³/mol. The molecule has 216 valence electrons. The monoisotopic (exact) mass is 584 g/mol. The molecule has 1 aliphatic heterocycles. The molecular weight excluding hydrogens is 552 g/mol. The van der Waals surface area contributed by atoms with Gasteiger partial charge in [-0.25, -0.2) is 9.79 Å². The van der Waals surface area contributed by atoms with E-state index in [-0.39, 0.29) is 12.2 Å². The number of ether oxygens (including phenoxy) is 4. The van der Waals surface area contributed by atoms with E-state index in [9.17, 15) is 9.59 Å². The van der Waals surface area contributed by atoms with Gasteiger partial charge in [0.1, 0.15) is 23.9 Å². The van der Waals surface area contributed by atoms with Crippen LogP contribution in [-0.4, -0.2) is 31.4 Å². The molecule has 1 atom stereocenters. The maximum atomic E-state index is 13.9. The van der Waals surface area contributed by atoms with E-state index in [0.717, 1.165) is 28.0 Å². The lowest BCUT2D eigenvalue weighted by atomic mass is 9.96. The van der Waals surface area contributed by atoms with Gasteiger partial charge < -0.3 is 18.9 Å². The molecule has 0 spiro atoms. The molecule has 0 amide bonds. The third kappa shape index (κ3) is 5.73. The molecule has 1 aromatic heterocycles. The summed E-state index contributed by atoms with van der Waals surface area (Å²) in [7, 11) is 3.21. The number of benzene rings is 3. The fraction of sp³-hybridized carbons (Fsp3) is 0.242. The molecule has 0 fully saturated rings. The molecule has 4 aromatic rings. The SMILES string of the molecule is CCOC(=O)C1=C(C)N=c2sc(=Cc3ccc(OC)c(COc4ccccc4C)c3)c(=O)n2C1c1ccc(OC)cc1. The van der Waals surface area contributed by atoms with Gasteiger partial charge in [0.25, 0.3) is 5.56 Å². The van der Waals surface area contributed by atoms with Crippen LogP contribution in [0.4, 0.5) is 0 Å². The van der Waals surface area contributed by atoms with E-state index in [1.807, 2.05) is 67.6 Å². The largest absolute Gasteiger partial charge is 0.497 e. The summed E-state index contributed by atoms with van der Waals surface area (Å²) in [6.45, 7) is 6.03. The highest BCUT2D eigenvalue weighted by molar-refractivity contribution is 7.07. The highest BCUT2D eigenvalue weighted by Crippen LogP contribution is 2.31. The number of rotatable bonds is 9. The van der Waals surface area contributed by atoms with Crippen molar-refractivity contribution < 1.29 is 23.7 Å². The molecule has 0 bridgehead atoms. The van der Waals surface area contributed by atoms with E-state index in [1.54, 1.807) is 44.8 Å². The molecule has 1 aliphatic rings. The first-order valence-electron chi connectivity index (χ1n) is 13.5. The molecule has 42 heavy (non-hydrogen) atoms. The molecule has 2 heterocycles. The summed E-state index contributed by atoms with van der Waals surface area (Å²) in [5.74, 6) is 1.66. The van der Waals surface area contributed by atoms with Gasteiger partial charge in [0, 0.05) is 5.56 Å². The van der Waals surface area contributed by atoms with Crippen LogP contribution in [0.25, 0.3) is 6.08 Å². The summed E-state index contributed by atoms with van der Waals surface area (Å²) in [6.07, 6.45) is 1.83. The number of hydrogen-bond acceptors (Lipinski definition) is 8. The van der Waals surface area contributed by atoms with Gasteiger partial charge >= 0.3 is 5.97 Å². The molecule has 5 rings (SSSR count). The zero-order valence-corrected chi connectivity index (χ0v) is 25.0. The van der Waals surface area contributed by atoms with E-state index in [2.05, 4.69) is 4.99 Å². The average Bonchev–Trinajstić information content (AvgIpc) is 3.30. The predicted octanol–water partition coefficient (Wildman–Crippen LogP) is 4.70. The van der Waals surface area contributed by atoms with Crippen molar-refractivity contribution in [3.63, 3.8) is 0 Å². The van der Waals surface area contributed by atoms with Gasteiger partial charge in [-0.2, -0.15) is 0 Å². The van der Waals surface area contributed by atoms with Crippen molar-refractivity contribution in [2.24, 2.45) is 4.99 Å². The Morgan fingerprint density at radius 1 is 1.00 bits per heavy atom. The molecule has 0 saturated heterocycles. The molecule has 1 unspecified atom stereocenters. The van der Waals surface area contributed by atoms with Crippen molar-refractivity contribution in [2.75, 3.05) is 20.8 Å². The van der Waals surface area contributed by atoms with Crippen molar-refractivity contribution in [2.45, 2.75) is 33.4 Å². The molecular formula is C33H32N2O6S. The number of carbonyl (C=O) groups excluding carboxylic acids is 1. The number of aromatic nitrogens is 1. The number of aryl methyl sites for hydroxylation is 1. The van der Waals surface area contributed by atoms with Gasteiger partial charge in [0.05, 0.1) is 42.7 Å². The molecule has 3 aromatic carbocycles. The number of nitrogens with zero attached hydrogens (tertiary/aromatic N) is 2. The Balaban J connectivity index is 1.58. The molecule has 9 heteroatoms. The quantitative estimate of drug-likeness (QED) is 0.265. The van der Waals surface area contributed by atoms with Gasteiger partial charge in [-0.15, -0.1) is 0 Å². The average molecular weight is 585 g/mol. The van der Waals surface area contributed by atoms with Crippen molar-refractivity contribution in [1.29, 1.82) is 0 Å². The highest BCUT2D eigenvalue weighted by Gasteiger charge is 2.33. The zero-order chi connectivity index (χ0) is 29.8. The number of hydrogen-bond donors (Lipinski definition) is 0. The summed E-state index contributed by atoms with van der Waals surface area (Å²) in [5, 5.41) is 0. The Hall–Kier alpha value is -4.63. The number of methoxy groups -OCH3 is 2. The smallest absolute Gasteiger partial charge is 0.338 e. The minimum atomic E-state index is -0.692. The number of allylic oxidation sites excluding steroid dienone is 1. The minimum Gasteiger partial charge on any atom is -0.497 e. The Morgan fingerprint density at radius 2 is 1.76 bits per heavy atom. The minimum absolute atomic E-state index is 0.211. The third-order valence-corrected chi connectivity index (χ3v) is 8.01. The molecule has 0 aliphatic carbocycles. The first-order chi connectivity index (χ1) is 20.3. The third-order valence-electron chi connectivity index (χ3n) is 7.03. The second kappa shape index (κ2) is 12.5. The van der Waals surface area contributed by atoms with E-state index < -0.39 is 12.0 Å². The van der Waals surface area contributed by atoms with Gasteiger partial charge in [-0.1, -0.05) is 47.7 Å². The van der Waals surface area contributed by atoms with E-state index in [0.29, 0.717) is 38.7 Å². The van der Waals surface area contributed by atoms with Gasteiger partial charge in [0.2, 0.25) is 0 Å². The van der Waals surface area contributed by atoms with Crippen molar-refractivity contribution in [3.8, 4) is 17.2 Å². The van der Waals surface area contributed by atoms with E-state index in [4.69, 9.17) is 18.9 Å². The summed E-state index contributed by atoms with van der Waals surface area (Å²) in [5.41, 5.74) is 4.05. The summed E-state index contributed by atoms with van der Waals surface area (Å²) in [6, 6.07) is 20.2. The van der Waals surface area contributed by atoms with Crippen LogP contribution >= 0.6 is 11.3 Å². The maximum absolute atomic E-state index is 13.9. The van der Waals surface area contributed by atoms with E-state index >= 15 is 0 Å². The van der Waals surface area contributed by atoms with Crippen LogP contribution in [0.15, 0.2) is 87.8 Å². The lowest BCUT2D eigenvalue weighted by Gasteiger charge is -2.24. The Labute approximate surface area is 247 Å². The van der Waals surface area contributed by atoms with E-state index in [1.165, 1.54) is 11.3 Å². The van der Waals surface area contributed by atoms with Crippen LogP contribution in [0.2, 0.25) is 0 Å². The first kappa shape index (κ1) is 28.9. The van der Waals surface area contributed by atoms with Crippen molar-refractivity contribution >= 4 is 23.4 Å². The van der Waals surface area contributed by atoms with Gasteiger partial charge in [-0.3, -0.25) is 9.36 Å². The van der Waals surface area contributed by atoms with Crippen LogP contribution in [-0.2, 0) is 16.1 Å².